The van der Waals surface area contributed by atoms with Crippen LogP contribution in [-0.4, -0.2) is 56.9 Å². The molecule has 1 amide bonds. The first-order valence-corrected chi connectivity index (χ1v) is 16.7. The molecule has 9 nitrogen and oxygen atoms in total. The number of carbonyl (C=O) groups is 2. The van der Waals surface area contributed by atoms with Crippen LogP contribution in [0.5, 0.6) is 5.75 Å². The fraction of sp³-hybridized carbons (Fsp3) is 0.548. The van der Waals surface area contributed by atoms with E-state index in [-0.39, 0.29) is 29.2 Å². The number of halogens is 1. The second-order valence-corrected chi connectivity index (χ2v) is 14.8. The minimum atomic E-state index is -3.71. The van der Waals surface area contributed by atoms with Crippen LogP contribution in [0.15, 0.2) is 36.4 Å². The third-order valence-corrected chi connectivity index (χ3v) is 11.4. The first-order chi connectivity index (χ1) is 19.9. The number of nitrogens with one attached hydrogen (secondary N) is 1. The van der Waals surface area contributed by atoms with Gasteiger partial charge in [0.05, 0.1) is 23.1 Å². The molecule has 5 rings (SSSR count). The van der Waals surface area contributed by atoms with Crippen molar-refractivity contribution in [3.63, 3.8) is 0 Å². The van der Waals surface area contributed by atoms with Gasteiger partial charge in [-0.05, 0) is 98.2 Å². The van der Waals surface area contributed by atoms with Crippen LogP contribution in [0.2, 0.25) is 5.02 Å². The number of hydrogen-bond donors (Lipinski definition) is 3. The molecule has 4 N–H and O–H groups in total. The maximum atomic E-state index is 12.6. The van der Waals surface area contributed by atoms with Crippen molar-refractivity contribution in [1.29, 1.82) is 0 Å². The van der Waals surface area contributed by atoms with Crippen LogP contribution >= 0.6 is 11.6 Å². The summed E-state index contributed by atoms with van der Waals surface area (Å²) in [7, 11) is -3.71. The van der Waals surface area contributed by atoms with Crippen molar-refractivity contribution in [3.8, 4) is 5.75 Å². The Morgan fingerprint density at radius 3 is 2.64 bits per heavy atom. The Labute approximate surface area is 252 Å². The van der Waals surface area contributed by atoms with E-state index in [1.165, 1.54) is 18.1 Å². The maximum absolute atomic E-state index is 12.6. The molecule has 11 heteroatoms. The fourth-order valence-electron chi connectivity index (χ4n) is 6.78. The van der Waals surface area contributed by atoms with Gasteiger partial charge in [0, 0.05) is 36.5 Å². The summed E-state index contributed by atoms with van der Waals surface area (Å²) in [4.78, 5) is 26.8. The van der Waals surface area contributed by atoms with Crippen LogP contribution in [0.1, 0.15) is 67.4 Å². The zero-order valence-corrected chi connectivity index (χ0v) is 25.7. The number of aryl methyl sites for hydroxylation is 1. The predicted molar refractivity (Wildman–Crippen MR) is 163 cm³/mol. The number of primary sulfonamides is 1. The van der Waals surface area contributed by atoms with Gasteiger partial charge in [0.15, 0.2) is 0 Å². The number of carboxylic acids is 1. The van der Waals surface area contributed by atoms with E-state index in [9.17, 15) is 23.1 Å². The summed E-state index contributed by atoms with van der Waals surface area (Å²) < 4.78 is 29.8. The van der Waals surface area contributed by atoms with Crippen molar-refractivity contribution in [2.24, 2.45) is 22.9 Å². The van der Waals surface area contributed by atoms with Crippen LogP contribution in [-0.2, 0) is 26.7 Å². The molecule has 0 bridgehead atoms. The van der Waals surface area contributed by atoms with Crippen molar-refractivity contribution >= 4 is 39.2 Å². The smallest absolute Gasteiger partial charge is 0.335 e. The van der Waals surface area contributed by atoms with E-state index < -0.39 is 27.2 Å². The SMILES string of the molecule is C[C@H](CC(=O)NC[C@@H]1CC[C@H]1CN1C[C@@]2(CCCc3cc(Cl)ccc32)COc2ccc(C(=O)O)cc21)[C@H](C)S(N)(=O)=O. The van der Waals surface area contributed by atoms with Gasteiger partial charge >= 0.3 is 5.97 Å². The Bertz CT molecular complexity index is 1470. The number of rotatable bonds is 9. The Morgan fingerprint density at radius 1 is 1.19 bits per heavy atom. The van der Waals surface area contributed by atoms with Crippen LogP contribution in [0.25, 0.3) is 0 Å². The highest BCUT2D eigenvalue weighted by Gasteiger charge is 2.43. The van der Waals surface area contributed by atoms with Gasteiger partial charge in [0.25, 0.3) is 0 Å². The average Bonchev–Trinajstić information content (AvgIpc) is 3.07. The Kier molecular flexibility index (Phi) is 8.79. The summed E-state index contributed by atoms with van der Waals surface area (Å²) >= 11 is 6.35. The van der Waals surface area contributed by atoms with E-state index in [1.54, 1.807) is 25.1 Å². The normalized spacial score (nSPS) is 24.8. The second kappa shape index (κ2) is 12.1. The summed E-state index contributed by atoms with van der Waals surface area (Å²) in [5.74, 6) is -0.303. The predicted octanol–water partition coefficient (Wildman–Crippen LogP) is 4.36. The van der Waals surface area contributed by atoms with Gasteiger partial charge < -0.3 is 20.1 Å². The average molecular weight is 618 g/mol. The standard InChI is InChI=1S/C31H40ClN3O6S/c1-19(20(2)42(33,39)40)12-29(36)34-15-23-5-6-24(23)16-35-17-31(11-3-4-21-13-25(32)8-9-26(21)31)18-41-28-10-7-22(30(37)38)14-27(28)35/h7-10,13-14,19-20,23-24H,3-6,11-12,15-18H2,1-2H3,(H,34,36)(H,37,38)(H2,33,39,40)/t19-,20+,23+,24+,31+/m1/s1. The van der Waals surface area contributed by atoms with Crippen LogP contribution in [0.3, 0.4) is 0 Å². The summed E-state index contributed by atoms with van der Waals surface area (Å²) in [6.45, 7) is 5.66. The van der Waals surface area contributed by atoms with Crippen molar-refractivity contribution < 1.29 is 27.9 Å². The van der Waals surface area contributed by atoms with Crippen molar-refractivity contribution in [2.75, 3.05) is 31.1 Å². The molecule has 3 aliphatic rings. The minimum Gasteiger partial charge on any atom is -0.490 e. The van der Waals surface area contributed by atoms with E-state index in [1.807, 2.05) is 6.07 Å². The molecule has 1 saturated carbocycles. The van der Waals surface area contributed by atoms with Gasteiger partial charge in [0.2, 0.25) is 15.9 Å². The highest BCUT2D eigenvalue weighted by atomic mass is 35.5. The molecule has 2 aromatic carbocycles. The van der Waals surface area contributed by atoms with Gasteiger partial charge in [-0.1, -0.05) is 24.6 Å². The third kappa shape index (κ3) is 6.40. The van der Waals surface area contributed by atoms with Gasteiger partial charge in [-0.25, -0.2) is 18.4 Å². The lowest BCUT2D eigenvalue weighted by atomic mass is 9.69. The molecule has 5 atom stereocenters. The zero-order chi connectivity index (χ0) is 30.2. The number of ether oxygens (including phenoxy) is 1. The number of hydrogen-bond acceptors (Lipinski definition) is 6. The number of aromatic carboxylic acids is 1. The number of carboxylic acid groups (broad SMARTS) is 1. The van der Waals surface area contributed by atoms with E-state index in [4.69, 9.17) is 21.5 Å². The summed E-state index contributed by atoms with van der Waals surface area (Å²) in [5.41, 5.74) is 3.23. The lowest BCUT2D eigenvalue weighted by molar-refractivity contribution is -0.122. The Balaban J connectivity index is 1.34. The summed E-state index contributed by atoms with van der Waals surface area (Å²) in [6, 6.07) is 11.2. The van der Waals surface area contributed by atoms with Gasteiger partial charge in [0.1, 0.15) is 5.75 Å². The lowest BCUT2D eigenvalue weighted by Crippen LogP contribution is -2.49. The maximum Gasteiger partial charge on any atom is 0.335 e. The Hall–Kier alpha value is -2.82. The number of benzene rings is 2. The van der Waals surface area contributed by atoms with Crippen molar-refractivity contribution in [1.82, 2.24) is 5.32 Å². The largest absolute Gasteiger partial charge is 0.490 e. The topological polar surface area (TPSA) is 139 Å². The minimum absolute atomic E-state index is 0.0930. The number of carbonyl (C=O) groups excluding carboxylic acids is 1. The molecule has 1 aliphatic heterocycles. The molecule has 1 fully saturated rings. The molecule has 228 valence electrons. The van der Waals surface area contributed by atoms with E-state index in [0.29, 0.717) is 37.9 Å². The van der Waals surface area contributed by atoms with Gasteiger partial charge in [-0.15, -0.1) is 0 Å². The molecule has 0 saturated heterocycles. The zero-order valence-electron chi connectivity index (χ0n) is 24.1. The molecule has 2 aliphatic carbocycles. The summed E-state index contributed by atoms with van der Waals surface area (Å²) in [5, 5.41) is 17.9. The monoisotopic (exact) mass is 617 g/mol. The number of amides is 1. The quantitative estimate of drug-likeness (QED) is 0.380. The number of nitrogens with two attached hydrogens (primary N) is 1. The van der Waals surface area contributed by atoms with Crippen molar-refractivity contribution in [2.45, 2.75) is 63.0 Å². The van der Waals surface area contributed by atoms with Gasteiger partial charge in [-0.3, -0.25) is 4.79 Å². The van der Waals surface area contributed by atoms with Crippen LogP contribution in [0, 0.1) is 17.8 Å². The number of fused-ring (bicyclic) bond motifs is 3. The molecular weight excluding hydrogens is 578 g/mol. The highest BCUT2D eigenvalue weighted by Crippen LogP contribution is 2.46. The third-order valence-electron chi connectivity index (χ3n) is 9.70. The van der Waals surface area contributed by atoms with E-state index in [0.717, 1.165) is 42.8 Å². The van der Waals surface area contributed by atoms with Crippen LogP contribution in [0.4, 0.5) is 5.69 Å². The molecule has 1 spiro atoms. The molecule has 1 heterocycles. The lowest BCUT2D eigenvalue weighted by Gasteiger charge is -2.44. The molecule has 0 unspecified atom stereocenters. The molecule has 2 aromatic rings. The van der Waals surface area contributed by atoms with E-state index in [2.05, 4.69) is 22.3 Å². The van der Waals surface area contributed by atoms with Crippen LogP contribution < -0.4 is 20.1 Å². The summed E-state index contributed by atoms with van der Waals surface area (Å²) in [6.07, 6.45) is 5.01. The first kappa shape index (κ1) is 30.6. The molecule has 0 radical (unpaired) electrons. The highest BCUT2D eigenvalue weighted by molar-refractivity contribution is 7.89. The van der Waals surface area contributed by atoms with Gasteiger partial charge in [-0.2, -0.15) is 0 Å². The Morgan fingerprint density at radius 2 is 1.95 bits per heavy atom. The molecule has 0 aromatic heterocycles. The number of anilines is 1. The number of sulfonamides is 1. The van der Waals surface area contributed by atoms with Crippen molar-refractivity contribution in [3.05, 3.63) is 58.1 Å². The first-order valence-electron chi connectivity index (χ1n) is 14.7. The van der Waals surface area contributed by atoms with E-state index >= 15 is 0 Å². The fourth-order valence-corrected chi connectivity index (χ4v) is 7.72. The second-order valence-electron chi connectivity index (χ2n) is 12.5. The molecule has 42 heavy (non-hydrogen) atoms. The number of nitrogens with zero attached hydrogens (tertiary/aromatic N) is 1. The molecular formula is C31H40ClN3O6S.